The van der Waals surface area contributed by atoms with Crippen LogP contribution in [0.3, 0.4) is 0 Å². The second kappa shape index (κ2) is 7.74. The molecule has 2 aromatic rings. The fourth-order valence-corrected chi connectivity index (χ4v) is 2.20. The molecule has 0 saturated heterocycles. The maximum atomic E-state index is 5.73. The molecule has 2 aromatic carbocycles. The van der Waals surface area contributed by atoms with E-state index in [1.54, 1.807) is 0 Å². The van der Waals surface area contributed by atoms with E-state index in [1.807, 2.05) is 49.5 Å². The van der Waals surface area contributed by atoms with Gasteiger partial charge in [0.1, 0.15) is 12.4 Å². The molecule has 0 heterocycles. The zero-order valence-corrected chi connectivity index (χ0v) is 12.9. The maximum absolute atomic E-state index is 5.73. The van der Waals surface area contributed by atoms with Gasteiger partial charge >= 0.3 is 0 Å². The highest BCUT2D eigenvalue weighted by molar-refractivity contribution is 9.10. The standard InChI is InChI=1S/C17H16BrNO/c1-19-13-15-12-16(18)9-10-17(15)20-11-5-8-14-6-3-2-4-7-14/h2-4,6-7,9-10,12,19H,11,13H2,1H3. The Bertz CT molecular complexity index is 614. The minimum absolute atomic E-state index is 0.382. The molecule has 102 valence electrons. The molecule has 0 aliphatic carbocycles. The summed E-state index contributed by atoms with van der Waals surface area (Å²) >= 11 is 3.47. The molecule has 3 heteroatoms. The summed E-state index contributed by atoms with van der Waals surface area (Å²) in [5, 5.41) is 3.13. The van der Waals surface area contributed by atoms with Gasteiger partial charge < -0.3 is 10.1 Å². The Hall–Kier alpha value is -1.76. The molecule has 0 aromatic heterocycles. The van der Waals surface area contributed by atoms with Crippen LogP contribution in [0.5, 0.6) is 5.75 Å². The molecular formula is C17H16BrNO. The van der Waals surface area contributed by atoms with Gasteiger partial charge in [0, 0.05) is 22.1 Å². The summed E-state index contributed by atoms with van der Waals surface area (Å²) in [7, 11) is 1.92. The zero-order valence-electron chi connectivity index (χ0n) is 11.3. The van der Waals surface area contributed by atoms with Crippen LogP contribution in [-0.4, -0.2) is 13.7 Å². The molecule has 0 aliphatic rings. The predicted molar refractivity (Wildman–Crippen MR) is 85.7 cm³/mol. The molecule has 0 unspecified atom stereocenters. The number of hydrogen-bond donors (Lipinski definition) is 1. The van der Waals surface area contributed by atoms with E-state index >= 15 is 0 Å². The third-order valence-corrected chi connectivity index (χ3v) is 3.19. The first-order valence-corrected chi connectivity index (χ1v) is 7.18. The number of ether oxygens (including phenoxy) is 1. The van der Waals surface area contributed by atoms with Gasteiger partial charge in [-0.25, -0.2) is 0 Å². The van der Waals surface area contributed by atoms with Gasteiger partial charge in [0.15, 0.2) is 0 Å². The SMILES string of the molecule is CNCc1cc(Br)ccc1OCC#Cc1ccccc1. The Morgan fingerprint density at radius 3 is 2.70 bits per heavy atom. The van der Waals surface area contributed by atoms with Gasteiger partial charge in [-0.2, -0.15) is 0 Å². The van der Waals surface area contributed by atoms with E-state index in [2.05, 4.69) is 39.2 Å². The van der Waals surface area contributed by atoms with Crippen molar-refractivity contribution in [2.45, 2.75) is 6.54 Å². The van der Waals surface area contributed by atoms with Crippen molar-refractivity contribution in [1.82, 2.24) is 5.32 Å². The van der Waals surface area contributed by atoms with Crippen molar-refractivity contribution in [2.24, 2.45) is 0 Å². The highest BCUT2D eigenvalue weighted by Gasteiger charge is 2.03. The van der Waals surface area contributed by atoms with Crippen LogP contribution in [0.1, 0.15) is 11.1 Å². The molecule has 2 rings (SSSR count). The van der Waals surface area contributed by atoms with Gasteiger partial charge in [-0.05, 0) is 37.4 Å². The third-order valence-electron chi connectivity index (χ3n) is 2.70. The van der Waals surface area contributed by atoms with Crippen LogP contribution in [-0.2, 0) is 6.54 Å². The molecule has 0 bridgehead atoms. The van der Waals surface area contributed by atoms with E-state index in [1.165, 1.54) is 0 Å². The Kier molecular flexibility index (Phi) is 5.67. The molecule has 0 aliphatic heterocycles. The number of rotatable bonds is 4. The quantitative estimate of drug-likeness (QED) is 0.865. The first-order valence-electron chi connectivity index (χ1n) is 6.39. The highest BCUT2D eigenvalue weighted by atomic mass is 79.9. The normalized spacial score (nSPS) is 9.70. The number of halogens is 1. The first-order chi connectivity index (χ1) is 9.79. The molecule has 0 radical (unpaired) electrons. The number of nitrogens with one attached hydrogen (secondary N) is 1. The molecule has 0 spiro atoms. The summed E-state index contributed by atoms with van der Waals surface area (Å²) in [5.74, 6) is 6.97. The second-order valence-electron chi connectivity index (χ2n) is 4.24. The summed E-state index contributed by atoms with van der Waals surface area (Å²) in [6.07, 6.45) is 0. The molecule has 0 saturated carbocycles. The Balaban J connectivity index is 1.99. The maximum Gasteiger partial charge on any atom is 0.149 e. The summed E-state index contributed by atoms with van der Waals surface area (Å²) in [6, 6.07) is 15.9. The van der Waals surface area contributed by atoms with E-state index in [-0.39, 0.29) is 0 Å². The predicted octanol–water partition coefficient (Wildman–Crippen LogP) is 3.60. The minimum Gasteiger partial charge on any atom is -0.481 e. The van der Waals surface area contributed by atoms with E-state index in [0.29, 0.717) is 6.61 Å². The molecule has 1 N–H and O–H groups in total. The van der Waals surface area contributed by atoms with Crippen molar-refractivity contribution >= 4 is 15.9 Å². The van der Waals surface area contributed by atoms with Crippen molar-refractivity contribution in [2.75, 3.05) is 13.7 Å². The van der Waals surface area contributed by atoms with Crippen LogP contribution in [0.15, 0.2) is 53.0 Å². The van der Waals surface area contributed by atoms with Crippen LogP contribution in [0.4, 0.5) is 0 Å². The molecule has 0 atom stereocenters. The fourth-order valence-electron chi connectivity index (χ4n) is 1.79. The van der Waals surface area contributed by atoms with Crippen molar-refractivity contribution in [3.8, 4) is 17.6 Å². The Labute approximate surface area is 128 Å². The van der Waals surface area contributed by atoms with Crippen LogP contribution in [0.2, 0.25) is 0 Å². The summed E-state index contributed by atoms with van der Waals surface area (Å²) in [5.41, 5.74) is 2.12. The summed E-state index contributed by atoms with van der Waals surface area (Å²) in [4.78, 5) is 0. The van der Waals surface area contributed by atoms with Gasteiger partial charge in [-0.3, -0.25) is 0 Å². The minimum atomic E-state index is 0.382. The van der Waals surface area contributed by atoms with Crippen LogP contribution >= 0.6 is 15.9 Å². The smallest absolute Gasteiger partial charge is 0.149 e. The molecule has 0 amide bonds. The van der Waals surface area contributed by atoms with E-state index < -0.39 is 0 Å². The highest BCUT2D eigenvalue weighted by Crippen LogP contribution is 2.23. The first kappa shape index (κ1) is 14.6. The van der Waals surface area contributed by atoms with E-state index in [9.17, 15) is 0 Å². The van der Waals surface area contributed by atoms with Gasteiger partial charge in [0.25, 0.3) is 0 Å². The number of hydrogen-bond acceptors (Lipinski definition) is 2. The van der Waals surface area contributed by atoms with Crippen molar-refractivity contribution in [1.29, 1.82) is 0 Å². The van der Waals surface area contributed by atoms with Crippen molar-refractivity contribution < 1.29 is 4.74 Å². The monoisotopic (exact) mass is 329 g/mol. The zero-order chi connectivity index (χ0) is 14.2. The van der Waals surface area contributed by atoms with Gasteiger partial charge in [-0.15, -0.1) is 0 Å². The van der Waals surface area contributed by atoms with Crippen molar-refractivity contribution in [3.63, 3.8) is 0 Å². The van der Waals surface area contributed by atoms with Crippen LogP contribution < -0.4 is 10.1 Å². The lowest BCUT2D eigenvalue weighted by Crippen LogP contribution is -2.07. The summed E-state index contributed by atoms with van der Waals surface area (Å²) < 4.78 is 6.78. The van der Waals surface area contributed by atoms with Gasteiger partial charge in [-0.1, -0.05) is 46.0 Å². The van der Waals surface area contributed by atoms with Crippen molar-refractivity contribution in [3.05, 3.63) is 64.1 Å². The molecular weight excluding hydrogens is 314 g/mol. The third kappa shape index (κ3) is 4.41. The Morgan fingerprint density at radius 1 is 1.15 bits per heavy atom. The molecule has 20 heavy (non-hydrogen) atoms. The van der Waals surface area contributed by atoms with Crippen LogP contribution in [0, 0.1) is 11.8 Å². The van der Waals surface area contributed by atoms with E-state index in [0.717, 1.165) is 27.9 Å². The average Bonchev–Trinajstić information content (AvgIpc) is 2.47. The van der Waals surface area contributed by atoms with Gasteiger partial charge in [0.2, 0.25) is 0 Å². The number of benzene rings is 2. The molecule has 0 fully saturated rings. The van der Waals surface area contributed by atoms with Crippen LogP contribution in [0.25, 0.3) is 0 Å². The lowest BCUT2D eigenvalue weighted by molar-refractivity contribution is 0.365. The van der Waals surface area contributed by atoms with Gasteiger partial charge in [0.05, 0.1) is 0 Å². The Morgan fingerprint density at radius 2 is 1.95 bits per heavy atom. The molecule has 2 nitrogen and oxygen atoms in total. The average molecular weight is 330 g/mol. The summed E-state index contributed by atoms with van der Waals surface area (Å²) in [6.45, 7) is 1.15. The largest absolute Gasteiger partial charge is 0.481 e. The second-order valence-corrected chi connectivity index (χ2v) is 5.15. The topological polar surface area (TPSA) is 21.3 Å². The van der Waals surface area contributed by atoms with E-state index in [4.69, 9.17) is 4.74 Å². The fraction of sp³-hybridized carbons (Fsp3) is 0.176. The lowest BCUT2D eigenvalue weighted by Gasteiger charge is -2.09. The lowest BCUT2D eigenvalue weighted by atomic mass is 10.2.